The Labute approximate surface area is 107 Å². The molecule has 1 fully saturated rings. The molecule has 1 aliphatic carbocycles. The van der Waals surface area contributed by atoms with Crippen molar-refractivity contribution in [3.05, 3.63) is 30.6 Å². The molecule has 3 rings (SSSR count). The number of aromatic nitrogens is 2. The number of hydrogen-bond acceptors (Lipinski definition) is 3. The lowest BCUT2D eigenvalue weighted by Crippen LogP contribution is -2.18. The van der Waals surface area contributed by atoms with Gasteiger partial charge in [0.1, 0.15) is 0 Å². The van der Waals surface area contributed by atoms with E-state index in [9.17, 15) is 0 Å². The van der Waals surface area contributed by atoms with E-state index in [4.69, 9.17) is 11.5 Å². The fourth-order valence-electron chi connectivity index (χ4n) is 2.31. The third-order valence-electron chi connectivity index (χ3n) is 3.72. The number of rotatable bonds is 3. The van der Waals surface area contributed by atoms with Crippen LogP contribution in [0.1, 0.15) is 19.3 Å². The van der Waals surface area contributed by atoms with Gasteiger partial charge in [-0.25, -0.2) is 0 Å². The predicted octanol–water partition coefficient (Wildman–Crippen LogP) is 2.51. The van der Waals surface area contributed by atoms with Crippen molar-refractivity contribution in [3.8, 4) is 11.1 Å². The highest BCUT2D eigenvalue weighted by Gasteiger charge is 2.18. The van der Waals surface area contributed by atoms with Crippen molar-refractivity contribution in [3.63, 3.8) is 0 Å². The summed E-state index contributed by atoms with van der Waals surface area (Å²) in [5.41, 5.74) is 15.0. The fourth-order valence-corrected chi connectivity index (χ4v) is 2.31. The molecule has 0 atom stereocenters. The lowest BCUT2D eigenvalue weighted by atomic mass is 9.85. The van der Waals surface area contributed by atoms with Crippen molar-refractivity contribution in [2.75, 3.05) is 11.5 Å². The maximum absolute atomic E-state index is 5.82. The van der Waals surface area contributed by atoms with Gasteiger partial charge in [0.15, 0.2) is 0 Å². The van der Waals surface area contributed by atoms with Gasteiger partial charge in [0, 0.05) is 18.3 Å². The van der Waals surface area contributed by atoms with Crippen molar-refractivity contribution in [1.29, 1.82) is 0 Å². The molecule has 4 N–H and O–H groups in total. The minimum Gasteiger partial charge on any atom is -0.397 e. The van der Waals surface area contributed by atoms with Gasteiger partial charge in [-0.15, -0.1) is 0 Å². The summed E-state index contributed by atoms with van der Waals surface area (Å²) in [7, 11) is 0. The smallest absolute Gasteiger partial charge is 0.0568 e. The van der Waals surface area contributed by atoms with Gasteiger partial charge in [-0.1, -0.05) is 12.5 Å². The first kappa shape index (κ1) is 11.1. The van der Waals surface area contributed by atoms with E-state index in [2.05, 4.69) is 11.3 Å². The standard InChI is InChI=1S/C14H18N4/c15-13-5-4-11(6-14(13)16)12-7-17-18(9-12)8-10-2-1-3-10/h4-7,9-10H,1-3,8,15-16H2. The normalized spacial score (nSPS) is 15.6. The number of nitrogen functional groups attached to an aromatic ring is 2. The van der Waals surface area contributed by atoms with Crippen LogP contribution in [0.3, 0.4) is 0 Å². The van der Waals surface area contributed by atoms with E-state index in [1.54, 1.807) is 0 Å². The lowest BCUT2D eigenvalue weighted by Gasteiger charge is -2.24. The number of nitrogens with two attached hydrogens (primary N) is 2. The number of hydrogen-bond donors (Lipinski definition) is 2. The molecule has 2 aromatic rings. The van der Waals surface area contributed by atoms with Crippen molar-refractivity contribution >= 4 is 11.4 Å². The molecule has 1 saturated carbocycles. The molecule has 94 valence electrons. The molecular formula is C14H18N4. The molecule has 1 heterocycles. The van der Waals surface area contributed by atoms with Crippen LogP contribution in [0.25, 0.3) is 11.1 Å². The Morgan fingerprint density at radius 3 is 2.67 bits per heavy atom. The largest absolute Gasteiger partial charge is 0.397 e. The van der Waals surface area contributed by atoms with Crippen molar-refractivity contribution in [1.82, 2.24) is 9.78 Å². The van der Waals surface area contributed by atoms with Crippen LogP contribution in [0.15, 0.2) is 30.6 Å². The summed E-state index contributed by atoms with van der Waals surface area (Å²) >= 11 is 0. The average molecular weight is 242 g/mol. The summed E-state index contributed by atoms with van der Waals surface area (Å²) < 4.78 is 2.03. The van der Waals surface area contributed by atoms with E-state index in [0.717, 1.165) is 23.6 Å². The Kier molecular flexibility index (Phi) is 2.70. The second kappa shape index (κ2) is 4.37. The molecule has 1 aromatic heterocycles. The summed E-state index contributed by atoms with van der Waals surface area (Å²) in [4.78, 5) is 0. The third-order valence-corrected chi connectivity index (χ3v) is 3.72. The van der Waals surface area contributed by atoms with E-state index in [1.807, 2.05) is 29.1 Å². The highest BCUT2D eigenvalue weighted by Crippen LogP contribution is 2.29. The molecule has 0 radical (unpaired) electrons. The van der Waals surface area contributed by atoms with Crippen LogP contribution in [0.2, 0.25) is 0 Å². The number of benzene rings is 1. The second-order valence-corrected chi connectivity index (χ2v) is 5.09. The minimum atomic E-state index is 0.624. The first-order valence-electron chi connectivity index (χ1n) is 6.40. The van der Waals surface area contributed by atoms with Crippen molar-refractivity contribution in [2.24, 2.45) is 5.92 Å². The van der Waals surface area contributed by atoms with Crippen LogP contribution >= 0.6 is 0 Å². The molecule has 0 aliphatic heterocycles. The molecule has 4 heteroatoms. The first-order chi connectivity index (χ1) is 8.72. The Morgan fingerprint density at radius 1 is 1.17 bits per heavy atom. The Hall–Kier alpha value is -1.97. The minimum absolute atomic E-state index is 0.624. The predicted molar refractivity (Wildman–Crippen MR) is 73.8 cm³/mol. The van der Waals surface area contributed by atoms with Gasteiger partial charge in [0.05, 0.1) is 17.6 Å². The summed E-state index contributed by atoms with van der Waals surface area (Å²) in [6.07, 6.45) is 8.02. The Bertz CT molecular complexity index is 555. The third kappa shape index (κ3) is 2.06. The zero-order chi connectivity index (χ0) is 12.5. The SMILES string of the molecule is Nc1ccc(-c2cnn(CC3CCC3)c2)cc1N. The van der Waals surface area contributed by atoms with E-state index < -0.39 is 0 Å². The fraction of sp³-hybridized carbons (Fsp3) is 0.357. The first-order valence-corrected chi connectivity index (χ1v) is 6.40. The maximum atomic E-state index is 5.82. The Morgan fingerprint density at radius 2 is 2.00 bits per heavy atom. The van der Waals surface area contributed by atoms with E-state index in [0.29, 0.717) is 11.4 Å². The summed E-state index contributed by atoms with van der Waals surface area (Å²) in [6.45, 7) is 1.03. The molecular weight excluding hydrogens is 224 g/mol. The van der Waals surface area contributed by atoms with Crippen LogP contribution in [-0.2, 0) is 6.54 Å². The Balaban J connectivity index is 1.80. The highest BCUT2D eigenvalue weighted by atomic mass is 15.3. The molecule has 1 aromatic carbocycles. The van der Waals surface area contributed by atoms with E-state index >= 15 is 0 Å². The zero-order valence-corrected chi connectivity index (χ0v) is 10.3. The zero-order valence-electron chi connectivity index (χ0n) is 10.3. The molecule has 1 aliphatic rings. The topological polar surface area (TPSA) is 69.9 Å². The molecule has 0 amide bonds. The summed E-state index contributed by atoms with van der Waals surface area (Å²) in [5, 5.41) is 4.41. The summed E-state index contributed by atoms with van der Waals surface area (Å²) in [6, 6.07) is 5.73. The van der Waals surface area contributed by atoms with Crippen LogP contribution in [0, 0.1) is 5.92 Å². The molecule has 0 bridgehead atoms. The number of nitrogens with zero attached hydrogens (tertiary/aromatic N) is 2. The average Bonchev–Trinajstić information content (AvgIpc) is 2.76. The van der Waals surface area contributed by atoms with E-state index in [-0.39, 0.29) is 0 Å². The van der Waals surface area contributed by atoms with Gasteiger partial charge in [-0.3, -0.25) is 4.68 Å². The van der Waals surface area contributed by atoms with Crippen LogP contribution in [-0.4, -0.2) is 9.78 Å². The molecule has 4 nitrogen and oxygen atoms in total. The van der Waals surface area contributed by atoms with Gasteiger partial charge in [-0.05, 0) is 36.5 Å². The van der Waals surface area contributed by atoms with Crippen LogP contribution < -0.4 is 11.5 Å². The van der Waals surface area contributed by atoms with Gasteiger partial charge in [-0.2, -0.15) is 5.10 Å². The number of anilines is 2. The molecule has 18 heavy (non-hydrogen) atoms. The molecule has 0 saturated heterocycles. The molecule has 0 unspecified atom stereocenters. The van der Waals surface area contributed by atoms with Gasteiger partial charge in [0.25, 0.3) is 0 Å². The van der Waals surface area contributed by atoms with Gasteiger partial charge in [0.2, 0.25) is 0 Å². The second-order valence-electron chi connectivity index (χ2n) is 5.09. The highest BCUT2D eigenvalue weighted by molar-refractivity contribution is 5.73. The van der Waals surface area contributed by atoms with Gasteiger partial charge < -0.3 is 11.5 Å². The maximum Gasteiger partial charge on any atom is 0.0568 e. The monoisotopic (exact) mass is 242 g/mol. The molecule has 0 spiro atoms. The van der Waals surface area contributed by atoms with Crippen molar-refractivity contribution in [2.45, 2.75) is 25.8 Å². The lowest BCUT2D eigenvalue weighted by molar-refractivity contribution is 0.266. The van der Waals surface area contributed by atoms with Crippen LogP contribution in [0.4, 0.5) is 11.4 Å². The van der Waals surface area contributed by atoms with Crippen LogP contribution in [0.5, 0.6) is 0 Å². The quantitative estimate of drug-likeness (QED) is 0.812. The van der Waals surface area contributed by atoms with E-state index in [1.165, 1.54) is 19.3 Å². The van der Waals surface area contributed by atoms with Gasteiger partial charge >= 0.3 is 0 Å². The summed E-state index contributed by atoms with van der Waals surface area (Å²) in [5.74, 6) is 0.814. The van der Waals surface area contributed by atoms with Crippen molar-refractivity contribution < 1.29 is 0 Å².